The van der Waals surface area contributed by atoms with Gasteiger partial charge in [0.1, 0.15) is 0 Å². The van der Waals surface area contributed by atoms with Crippen molar-refractivity contribution in [1.82, 2.24) is 10.2 Å². The highest BCUT2D eigenvalue weighted by Gasteiger charge is 2.03. The molecule has 3 heteroatoms. The maximum Gasteiger partial charge on any atom is 0.0884 e. The molecule has 2 aromatic rings. The number of rotatable bonds is 1. The van der Waals surface area contributed by atoms with Crippen molar-refractivity contribution in [1.29, 1.82) is 0 Å². The van der Waals surface area contributed by atoms with Crippen molar-refractivity contribution in [3.05, 3.63) is 23.9 Å². The molecule has 0 bridgehead atoms. The van der Waals surface area contributed by atoms with E-state index in [-0.39, 0.29) is 0 Å². The minimum absolute atomic E-state index is 1.08. The van der Waals surface area contributed by atoms with Gasteiger partial charge in [0.15, 0.2) is 0 Å². The molecule has 76 valence electrons. The van der Waals surface area contributed by atoms with Crippen molar-refractivity contribution in [2.45, 2.75) is 20.8 Å². The molecule has 0 saturated heterocycles. The molecule has 0 spiro atoms. The first-order valence-corrected chi connectivity index (χ1v) is 4.93. The normalized spacial score (nSPS) is 9.43. The van der Waals surface area contributed by atoms with Gasteiger partial charge in [0.05, 0.1) is 17.4 Å². The minimum Gasteiger partial charge on any atom is -0.386 e. The summed E-state index contributed by atoms with van der Waals surface area (Å²) in [6, 6.07) is 4.15. The second-order valence-corrected chi connectivity index (χ2v) is 2.84. The Balaban J connectivity index is 0.000000461. The molecule has 0 saturated carbocycles. The van der Waals surface area contributed by atoms with Gasteiger partial charge < -0.3 is 5.32 Å². The lowest BCUT2D eigenvalue weighted by Crippen LogP contribution is -1.92. The van der Waals surface area contributed by atoms with Gasteiger partial charge >= 0.3 is 0 Å². The number of H-pyrrole nitrogens is 1. The Morgan fingerprint density at radius 1 is 1.29 bits per heavy atom. The van der Waals surface area contributed by atoms with Crippen LogP contribution < -0.4 is 5.32 Å². The standard InChI is InChI=1S/C9H11N3.C2H6/c1-6-3-4-7-5-11-12-9(7)8(6)10-2;1-2/h3-5,10H,1-2H3,(H,11,12);1-2H3. The van der Waals surface area contributed by atoms with E-state index in [1.807, 2.05) is 27.1 Å². The number of fused-ring (bicyclic) bond motifs is 1. The molecule has 0 fully saturated rings. The van der Waals surface area contributed by atoms with Crippen LogP contribution in [0.1, 0.15) is 19.4 Å². The average Bonchev–Trinajstić information content (AvgIpc) is 2.69. The van der Waals surface area contributed by atoms with E-state index < -0.39 is 0 Å². The van der Waals surface area contributed by atoms with Gasteiger partial charge in [-0.05, 0) is 12.5 Å². The largest absolute Gasteiger partial charge is 0.386 e. The van der Waals surface area contributed by atoms with Crippen molar-refractivity contribution in [3.63, 3.8) is 0 Å². The first-order chi connectivity index (χ1) is 6.83. The summed E-state index contributed by atoms with van der Waals surface area (Å²) in [4.78, 5) is 0. The highest BCUT2D eigenvalue weighted by molar-refractivity contribution is 5.91. The fourth-order valence-corrected chi connectivity index (χ4v) is 1.44. The van der Waals surface area contributed by atoms with Gasteiger partial charge in [-0.1, -0.05) is 26.0 Å². The number of benzene rings is 1. The second kappa shape index (κ2) is 4.65. The van der Waals surface area contributed by atoms with E-state index in [2.05, 4.69) is 34.6 Å². The van der Waals surface area contributed by atoms with Crippen LogP contribution in [0.4, 0.5) is 5.69 Å². The number of nitrogens with one attached hydrogen (secondary N) is 2. The SMILES string of the molecule is CC.CNc1c(C)ccc2cn[nH]c12. The molecule has 2 rings (SSSR count). The van der Waals surface area contributed by atoms with E-state index in [4.69, 9.17) is 0 Å². The van der Waals surface area contributed by atoms with Gasteiger partial charge in [-0.3, -0.25) is 5.10 Å². The van der Waals surface area contributed by atoms with Crippen LogP contribution >= 0.6 is 0 Å². The monoisotopic (exact) mass is 191 g/mol. The van der Waals surface area contributed by atoms with Crippen LogP contribution in [0.15, 0.2) is 18.3 Å². The number of aromatic amines is 1. The molecule has 1 heterocycles. The van der Waals surface area contributed by atoms with Crippen LogP contribution in [0.3, 0.4) is 0 Å². The zero-order valence-electron chi connectivity index (χ0n) is 9.18. The molecular formula is C11H17N3. The quantitative estimate of drug-likeness (QED) is 0.727. The molecule has 14 heavy (non-hydrogen) atoms. The molecule has 0 radical (unpaired) electrons. The Bertz CT molecular complexity index is 404. The van der Waals surface area contributed by atoms with Crippen molar-refractivity contribution >= 4 is 16.6 Å². The van der Waals surface area contributed by atoms with E-state index >= 15 is 0 Å². The van der Waals surface area contributed by atoms with Crippen LogP contribution in [-0.2, 0) is 0 Å². The summed E-state index contributed by atoms with van der Waals surface area (Å²) >= 11 is 0. The maximum absolute atomic E-state index is 3.99. The van der Waals surface area contributed by atoms with Gasteiger partial charge in [0.25, 0.3) is 0 Å². The summed E-state index contributed by atoms with van der Waals surface area (Å²) in [7, 11) is 1.92. The van der Waals surface area contributed by atoms with Crippen molar-refractivity contribution in [2.75, 3.05) is 12.4 Å². The summed E-state index contributed by atoms with van der Waals surface area (Å²) in [6.45, 7) is 6.08. The summed E-state index contributed by atoms with van der Waals surface area (Å²) in [6.07, 6.45) is 1.83. The van der Waals surface area contributed by atoms with Crippen molar-refractivity contribution in [3.8, 4) is 0 Å². The van der Waals surface area contributed by atoms with Crippen LogP contribution in [-0.4, -0.2) is 17.2 Å². The first-order valence-electron chi connectivity index (χ1n) is 4.93. The Hall–Kier alpha value is -1.51. The van der Waals surface area contributed by atoms with Crippen LogP contribution in [0.2, 0.25) is 0 Å². The minimum atomic E-state index is 1.08. The lowest BCUT2D eigenvalue weighted by atomic mass is 10.1. The molecule has 0 aliphatic carbocycles. The number of aromatic nitrogens is 2. The van der Waals surface area contributed by atoms with E-state index in [1.54, 1.807) is 0 Å². The molecule has 1 aromatic heterocycles. The summed E-state index contributed by atoms with van der Waals surface area (Å²) < 4.78 is 0. The number of aryl methyl sites for hydroxylation is 1. The van der Waals surface area contributed by atoms with Crippen LogP contribution in [0, 0.1) is 6.92 Å². The van der Waals surface area contributed by atoms with Crippen molar-refractivity contribution in [2.24, 2.45) is 0 Å². The summed E-state index contributed by atoms with van der Waals surface area (Å²) in [5, 5.41) is 11.2. The van der Waals surface area contributed by atoms with E-state index in [0.29, 0.717) is 0 Å². The van der Waals surface area contributed by atoms with E-state index in [9.17, 15) is 0 Å². The second-order valence-electron chi connectivity index (χ2n) is 2.84. The number of hydrogen-bond acceptors (Lipinski definition) is 2. The fourth-order valence-electron chi connectivity index (χ4n) is 1.44. The highest BCUT2D eigenvalue weighted by atomic mass is 15.1. The number of hydrogen-bond donors (Lipinski definition) is 2. The molecule has 0 atom stereocenters. The van der Waals surface area contributed by atoms with Gasteiger partial charge in [-0.15, -0.1) is 0 Å². The predicted molar refractivity (Wildman–Crippen MR) is 61.7 cm³/mol. The average molecular weight is 191 g/mol. The Kier molecular flexibility index (Phi) is 3.51. The van der Waals surface area contributed by atoms with E-state index in [1.165, 1.54) is 5.56 Å². The lowest BCUT2D eigenvalue weighted by Gasteiger charge is -2.04. The topological polar surface area (TPSA) is 40.7 Å². The predicted octanol–water partition coefficient (Wildman–Crippen LogP) is 2.94. The molecule has 0 amide bonds. The maximum atomic E-state index is 3.99. The molecule has 0 aliphatic rings. The summed E-state index contributed by atoms with van der Waals surface area (Å²) in [5.41, 5.74) is 3.44. The van der Waals surface area contributed by atoms with Crippen LogP contribution in [0.5, 0.6) is 0 Å². The smallest absolute Gasteiger partial charge is 0.0884 e. The Morgan fingerprint density at radius 2 is 2.00 bits per heavy atom. The highest BCUT2D eigenvalue weighted by Crippen LogP contribution is 2.23. The van der Waals surface area contributed by atoms with Crippen LogP contribution in [0.25, 0.3) is 10.9 Å². The van der Waals surface area contributed by atoms with Crippen molar-refractivity contribution < 1.29 is 0 Å². The molecule has 0 unspecified atom stereocenters. The first kappa shape index (κ1) is 10.6. The van der Waals surface area contributed by atoms with Gasteiger partial charge in [-0.25, -0.2) is 0 Å². The molecule has 0 aliphatic heterocycles. The van der Waals surface area contributed by atoms with Gasteiger partial charge in [-0.2, -0.15) is 5.10 Å². The van der Waals surface area contributed by atoms with Gasteiger partial charge in [0.2, 0.25) is 0 Å². The lowest BCUT2D eigenvalue weighted by molar-refractivity contribution is 1.12. The third kappa shape index (κ3) is 1.71. The third-order valence-corrected chi connectivity index (χ3v) is 2.08. The fraction of sp³-hybridized carbons (Fsp3) is 0.364. The third-order valence-electron chi connectivity index (χ3n) is 2.08. The zero-order valence-corrected chi connectivity index (χ0v) is 9.18. The number of nitrogens with zero attached hydrogens (tertiary/aromatic N) is 1. The molecule has 1 aromatic carbocycles. The molecular weight excluding hydrogens is 174 g/mol. The zero-order chi connectivity index (χ0) is 10.6. The Labute approximate surface area is 84.5 Å². The molecule has 2 N–H and O–H groups in total. The van der Waals surface area contributed by atoms with E-state index in [0.717, 1.165) is 16.6 Å². The Morgan fingerprint density at radius 3 is 2.64 bits per heavy atom. The molecule has 3 nitrogen and oxygen atoms in total. The van der Waals surface area contributed by atoms with Gasteiger partial charge in [0, 0.05) is 12.4 Å². The summed E-state index contributed by atoms with van der Waals surface area (Å²) in [5.74, 6) is 0. The number of anilines is 1.